The van der Waals surface area contributed by atoms with Crippen molar-refractivity contribution in [2.45, 2.75) is 197 Å². The maximum absolute atomic E-state index is 12.6. The molecule has 3 rings (SSSR count). The van der Waals surface area contributed by atoms with Crippen LogP contribution in [0.2, 0.25) is 0 Å². The third-order valence-corrected chi connectivity index (χ3v) is 15.2. The summed E-state index contributed by atoms with van der Waals surface area (Å²) in [6.45, 7) is 7.69. The normalized spacial score (nSPS) is 27.0. The van der Waals surface area contributed by atoms with Crippen molar-refractivity contribution in [3.05, 3.63) is 0 Å². The monoisotopic (exact) mass is 1270 g/mol. The highest BCUT2D eigenvalue weighted by Crippen LogP contribution is 2.28. The predicted octanol–water partition coefficient (Wildman–Crippen LogP) is -3.41. The second-order valence-corrected chi connectivity index (χ2v) is 23.2. The predicted molar refractivity (Wildman–Crippen MR) is 314 cm³/mol. The van der Waals surface area contributed by atoms with Gasteiger partial charge in [0, 0.05) is 121 Å². The Morgan fingerprint density at radius 1 is 0.432 bits per heavy atom. The number of amides is 6. The number of aliphatic hydroxyl groups excluding tert-OH is 8. The third-order valence-electron chi connectivity index (χ3n) is 15.2. The molecule has 3 aliphatic heterocycles. The minimum atomic E-state index is -1.33. The van der Waals surface area contributed by atoms with E-state index in [4.69, 9.17) is 48.4 Å². The molecule has 30 heteroatoms. The van der Waals surface area contributed by atoms with E-state index in [1.165, 1.54) is 0 Å². The molecule has 512 valence electrons. The van der Waals surface area contributed by atoms with Crippen molar-refractivity contribution in [3.63, 3.8) is 0 Å². The van der Waals surface area contributed by atoms with E-state index in [9.17, 15) is 69.6 Å². The molecule has 0 aromatic rings. The van der Waals surface area contributed by atoms with Gasteiger partial charge in [-0.1, -0.05) is 20.8 Å². The van der Waals surface area contributed by atoms with Crippen LogP contribution in [0.1, 0.15) is 124 Å². The van der Waals surface area contributed by atoms with Crippen LogP contribution in [0.3, 0.4) is 0 Å². The number of nitrogens with two attached hydrogens (primary N) is 1. The maximum Gasteiger partial charge on any atom is 0.222 e. The van der Waals surface area contributed by atoms with Crippen LogP contribution >= 0.6 is 0 Å². The average Bonchev–Trinajstić information content (AvgIpc) is 1.47. The van der Waals surface area contributed by atoms with Gasteiger partial charge in [-0.25, -0.2) is 0 Å². The summed E-state index contributed by atoms with van der Waals surface area (Å²) in [5.41, 5.74) is 5.14. The van der Waals surface area contributed by atoms with E-state index < -0.39 is 98.3 Å². The van der Waals surface area contributed by atoms with Crippen LogP contribution in [0.15, 0.2) is 0 Å². The van der Waals surface area contributed by atoms with Crippen molar-refractivity contribution in [3.8, 4) is 0 Å². The lowest BCUT2D eigenvalue weighted by atomic mass is 9.92. The van der Waals surface area contributed by atoms with Gasteiger partial charge in [0.15, 0.2) is 18.9 Å². The average molecular weight is 1270 g/mol. The standard InChI is InChI=1S/C58H107N7O23/c1-38-41(69)31-40(32-66)86-55(38)83-25-7-4-13-44(70)60-19-10-22-63-47(73)16-28-80-35-58(3,36-81-29-17-48(74)64-23-11-20-61-45(71)14-5-8-26-84-56-39(2)51(76)52(77)42(33-67)87-56)37-82-30-18-49(75)65-24-12-21-62-46(72)15-6-9-27-85-57-50(59)54(79)53(78)43(34-68)88-57/h38-43,50-57,66-69,76-79H,4-37,59H2,1-3H3,(H,60,70)(H,61,71)(H,62,72)(H,63,73)(H,64,74)(H,65,75)/t38-,39-,40?,41?,42?,43?,50-,51?,52-,53-,54?,55+,56+,57+,58?/m0/s1. The number of hydrogen-bond acceptors (Lipinski definition) is 24. The molecular weight excluding hydrogens is 1160 g/mol. The Morgan fingerprint density at radius 3 is 1.15 bits per heavy atom. The highest BCUT2D eigenvalue weighted by Gasteiger charge is 2.44. The van der Waals surface area contributed by atoms with E-state index >= 15 is 0 Å². The Labute approximate surface area is 517 Å². The van der Waals surface area contributed by atoms with Gasteiger partial charge in [-0.3, -0.25) is 28.8 Å². The van der Waals surface area contributed by atoms with E-state index in [1.807, 2.05) is 13.8 Å². The Bertz CT molecular complexity index is 1860. The molecule has 6 amide bonds. The van der Waals surface area contributed by atoms with Crippen molar-refractivity contribution in [2.75, 3.05) is 119 Å². The molecule has 30 nitrogen and oxygen atoms in total. The number of carbonyl (C=O) groups is 6. The fraction of sp³-hybridized carbons (Fsp3) is 0.897. The summed E-state index contributed by atoms with van der Waals surface area (Å²) in [6, 6.07) is -1.00. The molecule has 0 spiro atoms. The zero-order valence-corrected chi connectivity index (χ0v) is 51.9. The summed E-state index contributed by atoms with van der Waals surface area (Å²) >= 11 is 0. The minimum Gasteiger partial charge on any atom is -0.394 e. The summed E-state index contributed by atoms with van der Waals surface area (Å²) in [4.78, 5) is 74.9. The molecular formula is C58H107N7O23. The van der Waals surface area contributed by atoms with Crippen LogP contribution in [0.5, 0.6) is 0 Å². The van der Waals surface area contributed by atoms with E-state index in [0.29, 0.717) is 117 Å². The van der Waals surface area contributed by atoms with Crippen LogP contribution in [0.25, 0.3) is 0 Å². The topological polar surface area (TPSA) is 446 Å². The molecule has 0 saturated carbocycles. The smallest absolute Gasteiger partial charge is 0.222 e. The first kappa shape index (κ1) is 78.3. The lowest BCUT2D eigenvalue weighted by Crippen LogP contribution is -2.62. The van der Waals surface area contributed by atoms with Crippen molar-refractivity contribution in [2.24, 2.45) is 23.0 Å². The zero-order chi connectivity index (χ0) is 64.7. The number of carbonyl (C=O) groups excluding carboxylic acids is 6. The van der Waals surface area contributed by atoms with Crippen molar-refractivity contribution in [1.82, 2.24) is 31.9 Å². The molecule has 3 saturated heterocycles. The van der Waals surface area contributed by atoms with Crippen LogP contribution in [0.4, 0.5) is 0 Å². The molecule has 7 unspecified atom stereocenters. The molecule has 0 aromatic carbocycles. The molecule has 0 radical (unpaired) electrons. The summed E-state index contributed by atoms with van der Waals surface area (Å²) < 4.78 is 51.5. The lowest BCUT2D eigenvalue weighted by molar-refractivity contribution is -0.282. The fourth-order valence-electron chi connectivity index (χ4n) is 9.51. The van der Waals surface area contributed by atoms with E-state index in [-0.39, 0.29) is 133 Å². The highest BCUT2D eigenvalue weighted by atomic mass is 16.7. The first-order valence-corrected chi connectivity index (χ1v) is 31.3. The van der Waals surface area contributed by atoms with Crippen LogP contribution < -0.4 is 37.6 Å². The molecule has 0 aliphatic carbocycles. The first-order valence-electron chi connectivity index (χ1n) is 31.3. The van der Waals surface area contributed by atoms with Crippen molar-refractivity contribution >= 4 is 35.4 Å². The Balaban J connectivity index is 1.29. The third kappa shape index (κ3) is 31.9. The second-order valence-electron chi connectivity index (χ2n) is 23.2. The molecule has 15 atom stereocenters. The Kier molecular flexibility index (Phi) is 40.4. The van der Waals surface area contributed by atoms with Gasteiger partial charge >= 0.3 is 0 Å². The summed E-state index contributed by atoms with van der Waals surface area (Å²) in [5, 5.41) is 95.5. The molecule has 3 heterocycles. The minimum absolute atomic E-state index is 0.0581. The van der Waals surface area contributed by atoms with E-state index in [1.54, 1.807) is 6.92 Å². The summed E-state index contributed by atoms with van der Waals surface area (Å²) in [5.74, 6) is -1.91. The van der Waals surface area contributed by atoms with Gasteiger partial charge in [0.1, 0.15) is 30.5 Å². The molecule has 16 N–H and O–H groups in total. The molecule has 3 aliphatic rings. The van der Waals surface area contributed by atoms with Crippen LogP contribution in [-0.4, -0.2) is 269 Å². The zero-order valence-electron chi connectivity index (χ0n) is 51.9. The van der Waals surface area contributed by atoms with Gasteiger partial charge < -0.3 is 121 Å². The number of unbranched alkanes of at least 4 members (excludes halogenated alkanes) is 3. The number of hydrogen-bond donors (Lipinski definition) is 15. The number of rotatable bonds is 48. The summed E-state index contributed by atoms with van der Waals surface area (Å²) in [7, 11) is 0. The van der Waals surface area contributed by atoms with Gasteiger partial charge in [-0.2, -0.15) is 0 Å². The Morgan fingerprint density at radius 2 is 0.773 bits per heavy atom. The van der Waals surface area contributed by atoms with Gasteiger partial charge in [0.2, 0.25) is 35.4 Å². The number of nitrogens with one attached hydrogen (secondary N) is 6. The molecule has 0 aromatic heterocycles. The van der Waals surface area contributed by atoms with Gasteiger partial charge in [0.05, 0.1) is 83.8 Å². The van der Waals surface area contributed by atoms with E-state index in [2.05, 4.69) is 31.9 Å². The van der Waals surface area contributed by atoms with Gasteiger partial charge in [-0.15, -0.1) is 0 Å². The van der Waals surface area contributed by atoms with Crippen molar-refractivity contribution < 1.29 is 112 Å². The SMILES string of the molecule is C[C@H]1C(O)CC(CO)O[C@H]1OCCCCC(=O)NCCCNC(=O)CCOCC(C)(COCCC(=O)NCCCNC(=O)CCCCO[C@@H]1OC(CO)[C@H](O)C(O)[C@@H]1C)COCCC(=O)NCCCNC(=O)CCCCO[C@@H]1OC(CO)[C@H](O)C(O)[C@@H]1N. The van der Waals surface area contributed by atoms with Crippen LogP contribution in [0, 0.1) is 17.3 Å². The largest absolute Gasteiger partial charge is 0.394 e. The quantitative estimate of drug-likeness (QED) is 0.0264. The second kappa shape index (κ2) is 45.4. The lowest BCUT2D eigenvalue weighted by Gasteiger charge is -2.40. The first-order chi connectivity index (χ1) is 42.2. The molecule has 3 fully saturated rings. The van der Waals surface area contributed by atoms with Crippen molar-refractivity contribution in [1.29, 1.82) is 0 Å². The fourth-order valence-corrected chi connectivity index (χ4v) is 9.51. The number of aliphatic hydroxyl groups is 8. The molecule has 88 heavy (non-hydrogen) atoms. The molecule has 0 bridgehead atoms. The maximum atomic E-state index is 12.6. The summed E-state index contributed by atoms with van der Waals surface area (Å²) in [6.07, 6.45) is -4.32. The van der Waals surface area contributed by atoms with Gasteiger partial charge in [0.25, 0.3) is 0 Å². The highest BCUT2D eigenvalue weighted by molar-refractivity contribution is 5.78. The number of ether oxygens (including phenoxy) is 9. The van der Waals surface area contributed by atoms with Gasteiger partial charge in [-0.05, 0) is 57.8 Å². The van der Waals surface area contributed by atoms with Crippen LogP contribution in [-0.2, 0) is 71.4 Å². The Hall–Kier alpha value is -3.90. The van der Waals surface area contributed by atoms with E-state index in [0.717, 1.165) is 0 Å².